The van der Waals surface area contributed by atoms with Crippen LogP contribution in [0.1, 0.15) is 40.1 Å². The minimum Gasteiger partial charge on any atom is -0.297 e. The van der Waals surface area contributed by atoms with Crippen molar-refractivity contribution in [1.29, 1.82) is 0 Å². The Bertz CT molecular complexity index is 1130. The van der Waals surface area contributed by atoms with E-state index in [1.54, 1.807) is 24.3 Å². The highest BCUT2D eigenvalue weighted by atomic mass is 32.2. The Morgan fingerprint density at radius 2 is 1.79 bits per heavy atom. The Kier molecular flexibility index (Phi) is 6.18. The molecule has 0 spiro atoms. The highest BCUT2D eigenvalue weighted by molar-refractivity contribution is 7.89. The van der Waals surface area contributed by atoms with Crippen LogP contribution in [0.5, 0.6) is 0 Å². The van der Waals surface area contributed by atoms with Crippen LogP contribution in [0.3, 0.4) is 0 Å². The predicted octanol–water partition coefficient (Wildman–Crippen LogP) is 4.20. The molecule has 0 unspecified atom stereocenters. The van der Waals surface area contributed by atoms with Crippen LogP contribution < -0.4 is 5.32 Å². The summed E-state index contributed by atoms with van der Waals surface area (Å²) >= 11 is 2.71. The van der Waals surface area contributed by atoms with E-state index in [1.807, 2.05) is 26.2 Å². The van der Waals surface area contributed by atoms with Crippen LogP contribution in [0.2, 0.25) is 0 Å². The summed E-state index contributed by atoms with van der Waals surface area (Å²) in [6.45, 7) is 5.91. The Hall–Kier alpha value is -2.14. The molecule has 7 nitrogen and oxygen atoms in total. The average Bonchev–Trinajstić information content (AvgIpc) is 3.28. The molecule has 29 heavy (non-hydrogen) atoms. The van der Waals surface area contributed by atoms with Gasteiger partial charge in [0.15, 0.2) is 5.13 Å². The molecule has 0 saturated heterocycles. The maximum Gasteiger partial charge on any atom is 0.269 e. The third-order valence-corrected chi connectivity index (χ3v) is 8.21. The first-order valence-corrected chi connectivity index (χ1v) is 12.0. The van der Waals surface area contributed by atoms with Crippen molar-refractivity contribution in [3.05, 3.63) is 45.2 Å². The highest BCUT2D eigenvalue weighted by Gasteiger charge is 2.19. The van der Waals surface area contributed by atoms with Gasteiger partial charge in [0, 0.05) is 31.0 Å². The molecule has 1 N–H and O–H groups in total. The van der Waals surface area contributed by atoms with Gasteiger partial charge in [-0.1, -0.05) is 26.0 Å². The minimum atomic E-state index is -3.47. The number of sulfonamides is 1. The third kappa shape index (κ3) is 4.55. The van der Waals surface area contributed by atoms with E-state index in [4.69, 9.17) is 0 Å². The summed E-state index contributed by atoms with van der Waals surface area (Å²) in [5, 5.41) is 6.06. The number of nitrogens with one attached hydrogen (secondary N) is 1. The molecule has 0 atom stereocenters. The molecule has 0 aliphatic rings. The number of nitrogens with zero attached hydrogens (tertiary/aromatic N) is 3. The Balaban J connectivity index is 1.77. The zero-order valence-electron chi connectivity index (χ0n) is 16.8. The predicted molar refractivity (Wildman–Crippen MR) is 117 cm³/mol. The summed E-state index contributed by atoms with van der Waals surface area (Å²) in [5.74, 6) is 0.0474. The summed E-state index contributed by atoms with van der Waals surface area (Å²) in [6, 6.07) is 6.52. The molecule has 0 bridgehead atoms. The molecule has 0 aliphatic carbocycles. The number of carbonyl (C=O) groups excluding carboxylic acids is 1. The molecule has 0 aliphatic heterocycles. The lowest BCUT2D eigenvalue weighted by atomic mass is 10.2. The van der Waals surface area contributed by atoms with Gasteiger partial charge in [0.25, 0.3) is 5.91 Å². The molecular formula is C19H22N4O3S3. The molecule has 0 radical (unpaired) electrons. The summed E-state index contributed by atoms with van der Waals surface area (Å²) in [6.07, 6.45) is 0. The standard InChI is InChI=1S/C19H22N4O3S3/c1-11(2)18-20-12(3)16(28-18)17(24)22-19-21-15(10-27-19)13-6-8-14(9-7-13)29(25,26)23(4)5/h6-11H,1-5H3,(H,21,22,24). The van der Waals surface area contributed by atoms with Crippen molar-refractivity contribution in [2.24, 2.45) is 0 Å². The van der Waals surface area contributed by atoms with Gasteiger partial charge in [0.1, 0.15) is 4.88 Å². The maximum atomic E-state index is 12.6. The van der Waals surface area contributed by atoms with Crippen LogP contribution >= 0.6 is 22.7 Å². The summed E-state index contributed by atoms with van der Waals surface area (Å²) < 4.78 is 25.5. The van der Waals surface area contributed by atoms with Crippen molar-refractivity contribution in [3.63, 3.8) is 0 Å². The van der Waals surface area contributed by atoms with Crippen LogP contribution in [0.4, 0.5) is 5.13 Å². The van der Waals surface area contributed by atoms with Crippen molar-refractivity contribution < 1.29 is 13.2 Å². The van der Waals surface area contributed by atoms with Crippen LogP contribution in [0, 0.1) is 6.92 Å². The maximum absolute atomic E-state index is 12.6. The molecule has 1 amide bonds. The number of hydrogen-bond acceptors (Lipinski definition) is 7. The topological polar surface area (TPSA) is 92.3 Å². The van der Waals surface area contributed by atoms with Crippen molar-refractivity contribution in [2.45, 2.75) is 31.6 Å². The fourth-order valence-corrected chi connectivity index (χ4v) is 5.08. The van der Waals surface area contributed by atoms with Gasteiger partial charge in [-0.15, -0.1) is 22.7 Å². The van der Waals surface area contributed by atoms with E-state index in [0.717, 1.165) is 10.6 Å². The largest absolute Gasteiger partial charge is 0.297 e. The van der Waals surface area contributed by atoms with E-state index < -0.39 is 10.0 Å². The van der Waals surface area contributed by atoms with E-state index in [0.29, 0.717) is 21.4 Å². The van der Waals surface area contributed by atoms with Gasteiger partial charge in [0.05, 0.1) is 21.3 Å². The van der Waals surface area contributed by atoms with E-state index in [2.05, 4.69) is 15.3 Å². The van der Waals surface area contributed by atoms with Crippen molar-refractivity contribution in [2.75, 3.05) is 19.4 Å². The molecular weight excluding hydrogens is 428 g/mol. The molecule has 1 aromatic carbocycles. The van der Waals surface area contributed by atoms with Crippen molar-refractivity contribution >= 4 is 43.7 Å². The van der Waals surface area contributed by atoms with Crippen molar-refractivity contribution in [1.82, 2.24) is 14.3 Å². The molecule has 3 aromatic rings. The number of thiazole rings is 2. The first-order valence-electron chi connectivity index (χ1n) is 8.86. The summed E-state index contributed by atoms with van der Waals surface area (Å²) in [4.78, 5) is 22.3. The molecule has 2 heterocycles. The molecule has 2 aromatic heterocycles. The monoisotopic (exact) mass is 450 g/mol. The zero-order valence-corrected chi connectivity index (χ0v) is 19.2. The molecule has 0 fully saturated rings. The number of aromatic nitrogens is 2. The highest BCUT2D eigenvalue weighted by Crippen LogP contribution is 2.29. The Morgan fingerprint density at radius 1 is 1.14 bits per heavy atom. The minimum absolute atomic E-state index is 0.219. The van der Waals surface area contributed by atoms with Gasteiger partial charge in [-0.25, -0.2) is 22.7 Å². The Morgan fingerprint density at radius 3 is 2.34 bits per heavy atom. The summed E-state index contributed by atoms with van der Waals surface area (Å²) in [5.41, 5.74) is 2.16. The number of rotatable bonds is 6. The van der Waals surface area contributed by atoms with Crippen LogP contribution in [0.15, 0.2) is 34.5 Å². The van der Waals surface area contributed by atoms with Crippen LogP contribution in [-0.4, -0.2) is 42.7 Å². The second-order valence-corrected chi connectivity index (χ2v) is 11.0. The van der Waals surface area contributed by atoms with Gasteiger partial charge < -0.3 is 0 Å². The second-order valence-electron chi connectivity index (χ2n) is 6.93. The Labute approximate surface area is 178 Å². The number of hydrogen-bond donors (Lipinski definition) is 1. The van der Waals surface area contributed by atoms with Gasteiger partial charge >= 0.3 is 0 Å². The zero-order chi connectivity index (χ0) is 21.3. The van der Waals surface area contributed by atoms with Crippen molar-refractivity contribution in [3.8, 4) is 11.3 Å². The number of anilines is 1. The molecule has 10 heteroatoms. The van der Waals surface area contributed by atoms with E-state index in [9.17, 15) is 13.2 Å². The number of aryl methyl sites for hydroxylation is 1. The normalized spacial score (nSPS) is 12.0. The molecule has 0 saturated carbocycles. The summed E-state index contributed by atoms with van der Waals surface area (Å²) in [7, 11) is -0.484. The lowest BCUT2D eigenvalue weighted by Crippen LogP contribution is -2.22. The SMILES string of the molecule is Cc1nc(C(C)C)sc1C(=O)Nc1nc(-c2ccc(S(=O)(=O)N(C)C)cc2)cs1. The number of amides is 1. The fraction of sp³-hybridized carbons (Fsp3) is 0.316. The molecule has 3 rings (SSSR count). The lowest BCUT2D eigenvalue weighted by molar-refractivity contribution is 0.103. The second kappa shape index (κ2) is 8.31. The smallest absolute Gasteiger partial charge is 0.269 e. The van der Waals surface area contributed by atoms with Gasteiger partial charge in [-0.2, -0.15) is 0 Å². The first-order chi connectivity index (χ1) is 13.6. The number of carbonyl (C=O) groups is 1. The van der Waals surface area contributed by atoms with Crippen LogP contribution in [-0.2, 0) is 10.0 Å². The lowest BCUT2D eigenvalue weighted by Gasteiger charge is -2.11. The first kappa shape index (κ1) is 21.6. The number of benzene rings is 1. The van der Waals surface area contributed by atoms with E-state index in [1.165, 1.54) is 41.1 Å². The molecule has 154 valence electrons. The van der Waals surface area contributed by atoms with E-state index >= 15 is 0 Å². The van der Waals surface area contributed by atoms with Crippen LogP contribution in [0.25, 0.3) is 11.3 Å². The van der Waals surface area contributed by atoms with Gasteiger partial charge in [-0.05, 0) is 19.1 Å². The third-order valence-electron chi connectivity index (χ3n) is 4.17. The quantitative estimate of drug-likeness (QED) is 0.608. The average molecular weight is 451 g/mol. The van der Waals surface area contributed by atoms with E-state index in [-0.39, 0.29) is 16.7 Å². The van der Waals surface area contributed by atoms with Gasteiger partial charge in [-0.3, -0.25) is 10.1 Å². The fourth-order valence-electron chi connectivity index (χ4n) is 2.50. The van der Waals surface area contributed by atoms with Gasteiger partial charge in [0.2, 0.25) is 10.0 Å².